The summed E-state index contributed by atoms with van der Waals surface area (Å²) < 4.78 is 0. The Morgan fingerprint density at radius 1 is 1.43 bits per heavy atom. The van der Waals surface area contributed by atoms with E-state index in [1.54, 1.807) is 0 Å². The molecule has 0 aromatic carbocycles. The molecule has 0 radical (unpaired) electrons. The first-order chi connectivity index (χ1) is 6.70. The van der Waals surface area contributed by atoms with E-state index >= 15 is 0 Å². The van der Waals surface area contributed by atoms with Crippen molar-refractivity contribution >= 4 is 5.97 Å². The van der Waals surface area contributed by atoms with Gasteiger partial charge in [-0.1, -0.05) is 10.2 Å². The minimum atomic E-state index is -0.895. The zero-order valence-electron chi connectivity index (χ0n) is 7.44. The zero-order valence-corrected chi connectivity index (χ0v) is 7.44. The molecule has 0 fully saturated rings. The lowest BCUT2D eigenvalue weighted by atomic mass is 10.1. The number of aliphatic carboxylic acids is 1. The van der Waals surface area contributed by atoms with Crippen molar-refractivity contribution in [2.75, 3.05) is 6.54 Å². The van der Waals surface area contributed by atoms with Crippen LogP contribution >= 0.6 is 0 Å². The van der Waals surface area contributed by atoms with E-state index in [0.717, 1.165) is 0 Å². The lowest BCUT2D eigenvalue weighted by molar-refractivity contribution is -0.137. The minimum absolute atomic E-state index is 0.0215. The van der Waals surface area contributed by atoms with Crippen molar-refractivity contribution in [3.8, 4) is 0 Å². The van der Waals surface area contributed by atoms with Crippen LogP contribution in [0.1, 0.15) is 19.3 Å². The predicted octanol–water partition coefficient (Wildman–Crippen LogP) is 2.23. The molecule has 0 saturated carbocycles. The molecular weight excluding hydrogens is 188 g/mol. The molecule has 0 aliphatic carbocycles. The molecule has 0 heterocycles. The summed E-state index contributed by atoms with van der Waals surface area (Å²) in [4.78, 5) is 15.3. The smallest absolute Gasteiger partial charge is 0.303 e. The summed E-state index contributed by atoms with van der Waals surface area (Å²) in [5.74, 6) is -0.895. The lowest BCUT2D eigenvalue weighted by Gasteiger charge is -2.04. The molecule has 1 unspecified atom stereocenters. The lowest BCUT2D eigenvalue weighted by Crippen LogP contribution is -2.08. The van der Waals surface area contributed by atoms with Gasteiger partial charge < -0.3 is 5.11 Å². The Balaban J connectivity index is 3.89. The van der Waals surface area contributed by atoms with Crippen LogP contribution in [0.25, 0.3) is 20.9 Å². The van der Waals surface area contributed by atoms with E-state index in [-0.39, 0.29) is 13.0 Å². The molecule has 1 N–H and O–H groups in total. The van der Waals surface area contributed by atoms with Gasteiger partial charge in [0.1, 0.15) is 0 Å². The van der Waals surface area contributed by atoms with Crippen LogP contribution in [-0.4, -0.2) is 23.7 Å². The molecule has 8 nitrogen and oxygen atoms in total. The second-order valence-electron chi connectivity index (χ2n) is 2.56. The van der Waals surface area contributed by atoms with Crippen molar-refractivity contribution in [3.63, 3.8) is 0 Å². The van der Waals surface area contributed by atoms with Crippen LogP contribution in [0.4, 0.5) is 0 Å². The van der Waals surface area contributed by atoms with Crippen molar-refractivity contribution in [3.05, 3.63) is 20.9 Å². The normalized spacial score (nSPS) is 10.9. The molecule has 0 bridgehead atoms. The Kier molecular flexibility index (Phi) is 6.67. The van der Waals surface area contributed by atoms with Crippen LogP contribution in [0.3, 0.4) is 0 Å². The minimum Gasteiger partial charge on any atom is -0.481 e. The SMILES string of the molecule is [N-]=[N+]=NCC(CCCC(=O)O)N=[N+]=[N-]. The molecule has 8 heteroatoms. The number of carboxylic acids is 1. The van der Waals surface area contributed by atoms with Gasteiger partial charge in [-0.05, 0) is 23.9 Å². The maximum absolute atomic E-state index is 10.2. The van der Waals surface area contributed by atoms with Crippen molar-refractivity contribution in [1.82, 2.24) is 0 Å². The average molecular weight is 198 g/mol. The van der Waals surface area contributed by atoms with Crippen LogP contribution in [0.2, 0.25) is 0 Å². The van der Waals surface area contributed by atoms with Crippen LogP contribution in [-0.2, 0) is 4.79 Å². The second-order valence-corrected chi connectivity index (χ2v) is 2.56. The standard InChI is InChI=1S/C6H10N6O2/c7-11-9-4-5(10-12-8)2-1-3-6(13)14/h5H,1-4H2,(H,13,14). The van der Waals surface area contributed by atoms with Gasteiger partial charge in [0.2, 0.25) is 0 Å². The van der Waals surface area contributed by atoms with Crippen LogP contribution in [0.15, 0.2) is 10.2 Å². The monoisotopic (exact) mass is 198 g/mol. The first-order valence-electron chi connectivity index (χ1n) is 3.97. The van der Waals surface area contributed by atoms with Gasteiger partial charge in [0.15, 0.2) is 0 Å². The number of hydrogen-bond donors (Lipinski definition) is 1. The summed E-state index contributed by atoms with van der Waals surface area (Å²) in [6.45, 7) is 0.0696. The number of carboxylic acid groups (broad SMARTS) is 1. The number of hydrogen-bond acceptors (Lipinski definition) is 3. The molecule has 14 heavy (non-hydrogen) atoms. The van der Waals surface area contributed by atoms with Gasteiger partial charge in [0, 0.05) is 28.8 Å². The number of rotatable bonds is 7. The summed E-state index contributed by atoms with van der Waals surface area (Å²) in [7, 11) is 0. The Morgan fingerprint density at radius 2 is 2.14 bits per heavy atom. The van der Waals surface area contributed by atoms with Crippen molar-refractivity contribution in [2.45, 2.75) is 25.3 Å². The first kappa shape index (κ1) is 12.1. The van der Waals surface area contributed by atoms with E-state index in [9.17, 15) is 4.79 Å². The van der Waals surface area contributed by atoms with E-state index in [2.05, 4.69) is 20.1 Å². The Hall–Kier alpha value is -1.91. The Morgan fingerprint density at radius 3 is 2.64 bits per heavy atom. The molecule has 1 atom stereocenters. The van der Waals surface area contributed by atoms with Gasteiger partial charge in [-0.2, -0.15) is 0 Å². The number of carbonyl (C=O) groups is 1. The maximum Gasteiger partial charge on any atom is 0.303 e. The molecule has 0 amide bonds. The quantitative estimate of drug-likeness (QED) is 0.381. The van der Waals surface area contributed by atoms with Crippen LogP contribution in [0, 0.1) is 0 Å². The van der Waals surface area contributed by atoms with E-state index in [1.165, 1.54) is 0 Å². The first-order valence-corrected chi connectivity index (χ1v) is 3.97. The van der Waals surface area contributed by atoms with Gasteiger partial charge in [-0.25, -0.2) is 0 Å². The summed E-state index contributed by atoms with van der Waals surface area (Å²) in [6, 6.07) is -0.449. The van der Waals surface area contributed by atoms with Crippen LogP contribution in [0.5, 0.6) is 0 Å². The van der Waals surface area contributed by atoms with E-state index in [1.807, 2.05) is 0 Å². The molecule has 0 aromatic rings. The molecule has 0 aliphatic rings. The fourth-order valence-electron chi connectivity index (χ4n) is 0.878. The number of nitrogens with zero attached hydrogens (tertiary/aromatic N) is 6. The summed E-state index contributed by atoms with van der Waals surface area (Å²) in [5.41, 5.74) is 16.2. The summed E-state index contributed by atoms with van der Waals surface area (Å²) in [6.07, 6.45) is 0.836. The molecule has 0 saturated heterocycles. The van der Waals surface area contributed by atoms with E-state index in [4.69, 9.17) is 16.2 Å². The molecule has 0 aliphatic heterocycles. The number of azide groups is 2. The Bertz CT molecular complexity index is 278. The average Bonchev–Trinajstić information content (AvgIpc) is 2.13. The highest BCUT2D eigenvalue weighted by molar-refractivity contribution is 5.66. The topological polar surface area (TPSA) is 135 Å². The molecule has 0 spiro atoms. The van der Waals surface area contributed by atoms with Gasteiger partial charge in [0.05, 0.1) is 0 Å². The van der Waals surface area contributed by atoms with Crippen LogP contribution < -0.4 is 0 Å². The molecule has 0 aromatic heterocycles. The van der Waals surface area contributed by atoms with E-state index in [0.29, 0.717) is 12.8 Å². The third-order valence-corrected chi connectivity index (χ3v) is 1.50. The predicted molar refractivity (Wildman–Crippen MR) is 48.4 cm³/mol. The molecule has 76 valence electrons. The maximum atomic E-state index is 10.2. The van der Waals surface area contributed by atoms with Gasteiger partial charge in [-0.3, -0.25) is 4.79 Å². The van der Waals surface area contributed by atoms with Crippen molar-refractivity contribution in [2.24, 2.45) is 10.2 Å². The fraction of sp³-hybridized carbons (Fsp3) is 0.833. The van der Waals surface area contributed by atoms with E-state index < -0.39 is 12.0 Å². The Labute approximate surface area is 79.8 Å². The third kappa shape index (κ3) is 6.78. The van der Waals surface area contributed by atoms with Crippen molar-refractivity contribution in [1.29, 1.82) is 0 Å². The fourth-order valence-corrected chi connectivity index (χ4v) is 0.878. The van der Waals surface area contributed by atoms with Crippen molar-refractivity contribution < 1.29 is 9.90 Å². The highest BCUT2D eigenvalue weighted by Crippen LogP contribution is 2.06. The zero-order chi connectivity index (χ0) is 10.8. The molecule has 0 rings (SSSR count). The van der Waals surface area contributed by atoms with Gasteiger partial charge >= 0.3 is 5.97 Å². The highest BCUT2D eigenvalue weighted by Gasteiger charge is 2.06. The van der Waals surface area contributed by atoms with Gasteiger partial charge in [0.25, 0.3) is 0 Å². The van der Waals surface area contributed by atoms with Gasteiger partial charge in [-0.15, -0.1) is 0 Å². The summed E-state index contributed by atoms with van der Waals surface area (Å²) >= 11 is 0. The highest BCUT2D eigenvalue weighted by atomic mass is 16.4. The molecular formula is C6H10N6O2. The third-order valence-electron chi connectivity index (χ3n) is 1.50. The largest absolute Gasteiger partial charge is 0.481 e. The second kappa shape index (κ2) is 7.72. The summed E-state index contributed by atoms with van der Waals surface area (Å²) in [5, 5.41) is 15.0.